The number of nitrogens with zero attached hydrogens (tertiary/aromatic N) is 1. The molecule has 1 aliphatic rings. The van der Waals surface area contributed by atoms with E-state index in [1.807, 2.05) is 6.92 Å². The number of likely N-dealkylation sites (N-methyl/N-ethyl adjacent to an activating group) is 1. The van der Waals surface area contributed by atoms with E-state index in [1.54, 1.807) is 18.2 Å². The lowest BCUT2D eigenvalue weighted by Crippen LogP contribution is -2.42. The molecule has 1 fully saturated rings. The van der Waals surface area contributed by atoms with Crippen molar-refractivity contribution in [2.24, 2.45) is 0 Å². The van der Waals surface area contributed by atoms with Crippen LogP contribution in [0.4, 0.5) is 0 Å². The fourth-order valence-corrected chi connectivity index (χ4v) is 4.15. The zero-order valence-corrected chi connectivity index (χ0v) is 15.3. The van der Waals surface area contributed by atoms with Crippen LogP contribution in [0.25, 0.3) is 0 Å². The summed E-state index contributed by atoms with van der Waals surface area (Å²) in [5.74, 6) is 0.0454. The molecule has 1 N–H and O–H groups in total. The zero-order chi connectivity index (χ0) is 16.1. The molecule has 0 bridgehead atoms. The zero-order valence-electron chi connectivity index (χ0n) is 12.9. The highest BCUT2D eigenvalue weighted by molar-refractivity contribution is 8.00. The molecule has 0 spiro atoms. The van der Waals surface area contributed by atoms with E-state index >= 15 is 0 Å². The van der Waals surface area contributed by atoms with Gasteiger partial charge < -0.3 is 5.32 Å². The molecule has 2 atom stereocenters. The third-order valence-corrected chi connectivity index (χ3v) is 5.82. The number of nitrogens with one attached hydrogen (secondary N) is 1. The summed E-state index contributed by atoms with van der Waals surface area (Å²) in [6.07, 6.45) is 2.38. The van der Waals surface area contributed by atoms with Gasteiger partial charge in [0.1, 0.15) is 0 Å². The molecule has 3 nitrogen and oxygen atoms in total. The summed E-state index contributed by atoms with van der Waals surface area (Å²) < 4.78 is 0. The second-order valence-corrected chi connectivity index (χ2v) is 7.73. The fraction of sp³-hybridized carbons (Fsp3) is 0.562. The second kappa shape index (κ2) is 8.44. The van der Waals surface area contributed by atoms with Gasteiger partial charge in [0.15, 0.2) is 0 Å². The molecule has 0 saturated carbocycles. The van der Waals surface area contributed by atoms with E-state index in [0.717, 1.165) is 31.0 Å². The molecule has 0 aliphatic carbocycles. The Bertz CT molecular complexity index is 527. The molecular formula is C16H22Cl2N2OS. The number of carbonyl (C=O) groups excluding carboxylic acids is 1. The Morgan fingerprint density at radius 1 is 1.50 bits per heavy atom. The summed E-state index contributed by atoms with van der Waals surface area (Å²) >= 11 is 13.6. The summed E-state index contributed by atoms with van der Waals surface area (Å²) in [6.45, 7) is 6.96. The van der Waals surface area contributed by atoms with Crippen LogP contribution < -0.4 is 5.32 Å². The fourth-order valence-electron chi connectivity index (χ4n) is 2.72. The van der Waals surface area contributed by atoms with Crippen molar-refractivity contribution in [2.45, 2.75) is 42.9 Å². The molecule has 1 aliphatic heterocycles. The van der Waals surface area contributed by atoms with Crippen LogP contribution in [0.2, 0.25) is 10.0 Å². The number of rotatable bonds is 6. The minimum atomic E-state index is -0.201. The lowest BCUT2D eigenvalue weighted by molar-refractivity contribution is -0.120. The van der Waals surface area contributed by atoms with Crippen molar-refractivity contribution in [2.75, 3.05) is 19.6 Å². The molecule has 122 valence electrons. The number of carbonyl (C=O) groups is 1. The standard InChI is InChI=1S/C16H22Cl2N2OS/c1-3-20-8-4-5-13(20)10-19-16(21)11(2)22-15-9-12(17)6-7-14(15)18/h6-7,9,11,13H,3-5,8,10H2,1-2H3,(H,19,21). The van der Waals surface area contributed by atoms with Gasteiger partial charge in [-0.05, 0) is 51.1 Å². The van der Waals surface area contributed by atoms with Gasteiger partial charge in [-0.15, -0.1) is 11.8 Å². The molecule has 1 aromatic carbocycles. The maximum absolute atomic E-state index is 12.3. The molecular weight excluding hydrogens is 339 g/mol. The van der Waals surface area contributed by atoms with Gasteiger partial charge in [-0.3, -0.25) is 9.69 Å². The molecule has 1 saturated heterocycles. The summed E-state index contributed by atoms with van der Waals surface area (Å²) in [4.78, 5) is 15.5. The highest BCUT2D eigenvalue weighted by Crippen LogP contribution is 2.32. The van der Waals surface area contributed by atoms with Crippen LogP contribution in [0.15, 0.2) is 23.1 Å². The van der Waals surface area contributed by atoms with Gasteiger partial charge in [-0.25, -0.2) is 0 Å². The van der Waals surface area contributed by atoms with Crippen LogP contribution >= 0.6 is 35.0 Å². The number of halogens is 2. The largest absolute Gasteiger partial charge is 0.354 e. The quantitative estimate of drug-likeness (QED) is 0.775. The monoisotopic (exact) mass is 360 g/mol. The van der Waals surface area contributed by atoms with E-state index in [4.69, 9.17) is 23.2 Å². The molecule has 2 unspecified atom stereocenters. The van der Waals surface area contributed by atoms with Crippen molar-refractivity contribution in [3.63, 3.8) is 0 Å². The molecule has 0 aromatic heterocycles. The maximum atomic E-state index is 12.3. The van der Waals surface area contributed by atoms with E-state index in [0.29, 0.717) is 16.1 Å². The van der Waals surface area contributed by atoms with Gasteiger partial charge in [-0.1, -0.05) is 30.1 Å². The van der Waals surface area contributed by atoms with Gasteiger partial charge in [-0.2, -0.15) is 0 Å². The number of amides is 1. The van der Waals surface area contributed by atoms with Crippen molar-refractivity contribution >= 4 is 40.9 Å². The Hall–Kier alpha value is -0.420. The minimum Gasteiger partial charge on any atom is -0.354 e. The van der Waals surface area contributed by atoms with Crippen molar-refractivity contribution in [1.82, 2.24) is 10.2 Å². The van der Waals surface area contributed by atoms with Crippen LogP contribution in [0.1, 0.15) is 26.7 Å². The molecule has 2 rings (SSSR count). The van der Waals surface area contributed by atoms with E-state index in [-0.39, 0.29) is 11.2 Å². The van der Waals surface area contributed by atoms with Crippen molar-refractivity contribution < 1.29 is 4.79 Å². The SMILES string of the molecule is CCN1CCCC1CNC(=O)C(C)Sc1cc(Cl)ccc1Cl. The molecule has 1 amide bonds. The average Bonchev–Trinajstić information content (AvgIpc) is 2.95. The van der Waals surface area contributed by atoms with Gasteiger partial charge in [0.25, 0.3) is 0 Å². The number of hydrogen-bond acceptors (Lipinski definition) is 3. The Morgan fingerprint density at radius 2 is 2.27 bits per heavy atom. The Kier molecular flexibility index (Phi) is 6.87. The lowest BCUT2D eigenvalue weighted by Gasteiger charge is -2.23. The van der Waals surface area contributed by atoms with Crippen molar-refractivity contribution in [3.8, 4) is 0 Å². The summed E-state index contributed by atoms with van der Waals surface area (Å²) in [6, 6.07) is 5.78. The molecule has 6 heteroatoms. The highest BCUT2D eigenvalue weighted by atomic mass is 35.5. The highest BCUT2D eigenvalue weighted by Gasteiger charge is 2.24. The molecule has 22 heavy (non-hydrogen) atoms. The normalized spacial score (nSPS) is 20.1. The average molecular weight is 361 g/mol. The van der Waals surface area contributed by atoms with Crippen LogP contribution in [0, 0.1) is 0 Å². The van der Waals surface area contributed by atoms with E-state index < -0.39 is 0 Å². The first-order chi connectivity index (χ1) is 10.5. The predicted molar refractivity (Wildman–Crippen MR) is 95.1 cm³/mol. The van der Waals surface area contributed by atoms with Crippen molar-refractivity contribution in [1.29, 1.82) is 0 Å². The number of thioether (sulfide) groups is 1. The first kappa shape index (κ1) is 17.9. The minimum absolute atomic E-state index is 0.0454. The maximum Gasteiger partial charge on any atom is 0.233 e. The third kappa shape index (κ3) is 4.79. The van der Waals surface area contributed by atoms with Crippen LogP contribution in [0.3, 0.4) is 0 Å². The molecule has 1 heterocycles. The van der Waals surface area contributed by atoms with Crippen LogP contribution in [0.5, 0.6) is 0 Å². The summed E-state index contributed by atoms with van der Waals surface area (Å²) in [5, 5.41) is 4.12. The summed E-state index contributed by atoms with van der Waals surface area (Å²) in [7, 11) is 0. The van der Waals surface area contributed by atoms with E-state index in [2.05, 4.69) is 17.1 Å². The Morgan fingerprint density at radius 3 is 3.00 bits per heavy atom. The second-order valence-electron chi connectivity index (χ2n) is 5.50. The summed E-state index contributed by atoms with van der Waals surface area (Å²) in [5.41, 5.74) is 0. The van der Waals surface area contributed by atoms with E-state index in [9.17, 15) is 4.79 Å². The smallest absolute Gasteiger partial charge is 0.233 e. The lowest BCUT2D eigenvalue weighted by atomic mass is 10.2. The first-order valence-electron chi connectivity index (χ1n) is 7.64. The Balaban J connectivity index is 1.85. The molecule has 0 radical (unpaired) electrons. The van der Waals surface area contributed by atoms with Gasteiger partial charge in [0.2, 0.25) is 5.91 Å². The molecule has 1 aromatic rings. The van der Waals surface area contributed by atoms with Crippen LogP contribution in [-0.2, 0) is 4.79 Å². The van der Waals surface area contributed by atoms with E-state index in [1.165, 1.54) is 18.2 Å². The predicted octanol–water partition coefficient (Wildman–Crippen LogP) is 4.07. The van der Waals surface area contributed by atoms with Gasteiger partial charge in [0, 0.05) is 22.5 Å². The van der Waals surface area contributed by atoms with Crippen molar-refractivity contribution in [3.05, 3.63) is 28.2 Å². The van der Waals surface area contributed by atoms with Gasteiger partial charge >= 0.3 is 0 Å². The topological polar surface area (TPSA) is 32.3 Å². The number of hydrogen-bond donors (Lipinski definition) is 1. The number of likely N-dealkylation sites (tertiary alicyclic amines) is 1. The van der Waals surface area contributed by atoms with Crippen LogP contribution in [-0.4, -0.2) is 41.7 Å². The van der Waals surface area contributed by atoms with Gasteiger partial charge in [0.05, 0.1) is 10.3 Å². The Labute approximate surface area is 146 Å². The first-order valence-corrected chi connectivity index (χ1v) is 9.28. The number of benzene rings is 1. The third-order valence-electron chi connectivity index (χ3n) is 3.98.